The van der Waals surface area contributed by atoms with E-state index >= 15 is 0 Å². The number of aryl methyl sites for hydroxylation is 1. The highest BCUT2D eigenvalue weighted by molar-refractivity contribution is 7.89. The second kappa shape index (κ2) is 5.45. The highest BCUT2D eigenvalue weighted by atomic mass is 32.2. The first kappa shape index (κ1) is 15.1. The van der Waals surface area contributed by atoms with E-state index in [1.54, 1.807) is 23.7 Å². The second-order valence-electron chi connectivity index (χ2n) is 5.52. The normalized spacial score (nSPS) is 23.0. The smallest absolute Gasteiger partial charge is 0.262 e. The van der Waals surface area contributed by atoms with Crippen molar-refractivity contribution in [2.75, 3.05) is 13.1 Å². The van der Waals surface area contributed by atoms with Crippen LogP contribution in [0.3, 0.4) is 0 Å². The summed E-state index contributed by atoms with van der Waals surface area (Å²) >= 11 is 0. The molecule has 6 nitrogen and oxygen atoms in total. The Morgan fingerprint density at radius 3 is 2.55 bits per heavy atom. The van der Waals surface area contributed by atoms with Crippen molar-refractivity contribution in [2.24, 2.45) is 12.8 Å². The van der Waals surface area contributed by atoms with Crippen LogP contribution >= 0.6 is 0 Å². The zero-order valence-corrected chi connectivity index (χ0v) is 12.9. The Kier molecular flexibility index (Phi) is 3.75. The lowest BCUT2D eigenvalue weighted by molar-refractivity contribution is 0.467. The van der Waals surface area contributed by atoms with Crippen LogP contribution in [0.15, 0.2) is 41.8 Å². The van der Waals surface area contributed by atoms with Crippen molar-refractivity contribution in [3.8, 4) is 0 Å². The molecule has 1 fully saturated rings. The Morgan fingerprint density at radius 1 is 1.27 bits per heavy atom. The van der Waals surface area contributed by atoms with E-state index in [-0.39, 0.29) is 35.9 Å². The summed E-state index contributed by atoms with van der Waals surface area (Å²) in [6, 6.07) is 5.69. The van der Waals surface area contributed by atoms with Crippen LogP contribution in [0.4, 0.5) is 4.39 Å². The molecule has 1 saturated heterocycles. The molecule has 1 aromatic heterocycles. The van der Waals surface area contributed by atoms with Gasteiger partial charge in [0.25, 0.3) is 10.0 Å². The van der Waals surface area contributed by atoms with Gasteiger partial charge >= 0.3 is 0 Å². The van der Waals surface area contributed by atoms with Crippen LogP contribution < -0.4 is 5.73 Å². The minimum Gasteiger partial charge on any atom is -0.339 e. The maximum Gasteiger partial charge on any atom is 0.262 e. The van der Waals surface area contributed by atoms with Gasteiger partial charge in [0.05, 0.1) is 6.33 Å². The summed E-state index contributed by atoms with van der Waals surface area (Å²) in [5, 5.41) is 0.0157. The predicted molar refractivity (Wildman–Crippen MR) is 79.1 cm³/mol. The van der Waals surface area contributed by atoms with Gasteiger partial charge in [0.2, 0.25) is 0 Å². The summed E-state index contributed by atoms with van der Waals surface area (Å²) in [7, 11) is -1.94. The number of nitrogens with two attached hydrogens (primary N) is 1. The van der Waals surface area contributed by atoms with E-state index < -0.39 is 10.0 Å². The number of rotatable bonds is 3. The Bertz CT molecular complexity index is 772. The fraction of sp³-hybridized carbons (Fsp3) is 0.357. The van der Waals surface area contributed by atoms with Gasteiger partial charge in [0.1, 0.15) is 5.82 Å². The van der Waals surface area contributed by atoms with E-state index in [0.717, 1.165) is 5.56 Å². The summed E-state index contributed by atoms with van der Waals surface area (Å²) < 4.78 is 41.1. The molecule has 0 radical (unpaired) electrons. The van der Waals surface area contributed by atoms with Crippen LogP contribution in [0.1, 0.15) is 11.5 Å². The fourth-order valence-electron chi connectivity index (χ4n) is 2.70. The van der Waals surface area contributed by atoms with Gasteiger partial charge in [-0.15, -0.1) is 0 Å². The van der Waals surface area contributed by atoms with Gasteiger partial charge in [-0.1, -0.05) is 12.1 Å². The molecule has 1 aromatic carbocycles. The third kappa shape index (κ3) is 2.65. The van der Waals surface area contributed by atoms with Crippen molar-refractivity contribution >= 4 is 10.0 Å². The minimum atomic E-state index is -3.65. The molecule has 3 rings (SSSR count). The van der Waals surface area contributed by atoms with Crippen LogP contribution in [-0.4, -0.2) is 41.4 Å². The highest BCUT2D eigenvalue weighted by Crippen LogP contribution is 2.30. The molecule has 2 atom stereocenters. The standard InChI is InChI=1S/C14H17FN4O2S/c1-18-8-14(17-9-18)22(20,21)19-6-12(13(16)7-19)10-2-4-11(15)5-3-10/h2-5,8-9,12-13H,6-7,16H2,1H3/t12-,13-/m0/s1. The second-order valence-corrected chi connectivity index (χ2v) is 7.41. The SMILES string of the molecule is Cn1cnc(S(=O)(=O)N2C[C@H](N)[C@H](c3ccc(F)cc3)C2)c1. The monoisotopic (exact) mass is 324 g/mol. The van der Waals surface area contributed by atoms with Crippen molar-refractivity contribution in [3.05, 3.63) is 48.2 Å². The van der Waals surface area contributed by atoms with Gasteiger partial charge in [-0.05, 0) is 17.7 Å². The van der Waals surface area contributed by atoms with Gasteiger partial charge in [-0.2, -0.15) is 4.31 Å². The van der Waals surface area contributed by atoms with Crippen molar-refractivity contribution in [2.45, 2.75) is 17.0 Å². The molecule has 0 bridgehead atoms. The van der Waals surface area contributed by atoms with E-state index in [4.69, 9.17) is 5.73 Å². The topological polar surface area (TPSA) is 81.2 Å². The van der Waals surface area contributed by atoms with Crippen LogP contribution in [0.2, 0.25) is 0 Å². The molecule has 0 amide bonds. The maximum atomic E-state index is 13.0. The van der Waals surface area contributed by atoms with Crippen LogP contribution in [0.25, 0.3) is 0 Å². The van der Waals surface area contributed by atoms with Gasteiger partial charge in [-0.3, -0.25) is 0 Å². The van der Waals surface area contributed by atoms with E-state index in [1.807, 2.05) is 0 Å². The molecular formula is C14H17FN4O2S. The number of nitrogens with zero attached hydrogens (tertiary/aromatic N) is 3. The number of aromatic nitrogens is 2. The van der Waals surface area contributed by atoms with E-state index in [0.29, 0.717) is 0 Å². The maximum absolute atomic E-state index is 13.0. The molecule has 0 saturated carbocycles. The minimum absolute atomic E-state index is 0.0157. The fourth-order valence-corrected chi connectivity index (χ4v) is 4.17. The number of benzene rings is 1. The van der Waals surface area contributed by atoms with E-state index in [9.17, 15) is 12.8 Å². The zero-order chi connectivity index (χ0) is 15.9. The molecule has 22 heavy (non-hydrogen) atoms. The molecular weight excluding hydrogens is 307 g/mol. The summed E-state index contributed by atoms with van der Waals surface area (Å²) in [5.41, 5.74) is 6.93. The molecule has 1 aliphatic heterocycles. The van der Waals surface area contributed by atoms with Gasteiger partial charge in [0, 0.05) is 38.3 Å². The summed E-state index contributed by atoms with van der Waals surface area (Å²) in [5.74, 6) is -0.479. The first-order chi connectivity index (χ1) is 10.4. The lowest BCUT2D eigenvalue weighted by Crippen LogP contribution is -2.32. The number of hydrogen-bond acceptors (Lipinski definition) is 4. The summed E-state index contributed by atoms with van der Waals surface area (Å²) in [4.78, 5) is 3.91. The van der Waals surface area contributed by atoms with E-state index in [2.05, 4.69) is 4.98 Å². The summed E-state index contributed by atoms with van der Waals surface area (Å²) in [6.07, 6.45) is 2.91. The number of halogens is 1. The lowest BCUT2D eigenvalue weighted by Gasteiger charge is -2.15. The highest BCUT2D eigenvalue weighted by Gasteiger charge is 2.39. The zero-order valence-electron chi connectivity index (χ0n) is 12.1. The molecule has 1 aliphatic rings. The van der Waals surface area contributed by atoms with Crippen molar-refractivity contribution in [3.63, 3.8) is 0 Å². The van der Waals surface area contributed by atoms with Crippen LogP contribution in [-0.2, 0) is 17.1 Å². The van der Waals surface area contributed by atoms with Crippen molar-refractivity contribution < 1.29 is 12.8 Å². The average Bonchev–Trinajstić information content (AvgIpc) is 3.07. The largest absolute Gasteiger partial charge is 0.339 e. The molecule has 2 N–H and O–H groups in total. The summed E-state index contributed by atoms with van der Waals surface area (Å²) in [6.45, 7) is 0.493. The van der Waals surface area contributed by atoms with Gasteiger partial charge in [-0.25, -0.2) is 17.8 Å². The first-order valence-electron chi connectivity index (χ1n) is 6.87. The lowest BCUT2D eigenvalue weighted by atomic mass is 9.95. The van der Waals surface area contributed by atoms with Gasteiger partial charge in [0.15, 0.2) is 5.03 Å². The molecule has 0 spiro atoms. The average molecular weight is 324 g/mol. The first-order valence-corrected chi connectivity index (χ1v) is 8.31. The Morgan fingerprint density at radius 2 is 1.95 bits per heavy atom. The third-order valence-electron chi connectivity index (χ3n) is 3.92. The Balaban J connectivity index is 1.85. The van der Waals surface area contributed by atoms with Crippen molar-refractivity contribution in [1.29, 1.82) is 0 Å². The molecule has 2 aromatic rings. The predicted octanol–water partition coefficient (Wildman–Crippen LogP) is 0.675. The van der Waals surface area contributed by atoms with Crippen LogP contribution in [0.5, 0.6) is 0 Å². The number of sulfonamides is 1. The van der Waals surface area contributed by atoms with Crippen LogP contribution in [0, 0.1) is 5.82 Å². The quantitative estimate of drug-likeness (QED) is 0.900. The number of hydrogen-bond donors (Lipinski definition) is 1. The van der Waals surface area contributed by atoms with Gasteiger partial charge < -0.3 is 10.3 Å². The molecule has 118 valence electrons. The molecule has 8 heteroatoms. The van der Waals surface area contributed by atoms with Crippen molar-refractivity contribution in [1.82, 2.24) is 13.9 Å². The Labute approximate surface area is 128 Å². The van der Waals surface area contributed by atoms with E-state index in [1.165, 1.54) is 29.0 Å². The molecule has 2 heterocycles. The molecule has 0 unspecified atom stereocenters. The Hall–Kier alpha value is -1.77. The number of imidazole rings is 1. The molecule has 0 aliphatic carbocycles. The third-order valence-corrected chi connectivity index (χ3v) is 5.63.